The summed E-state index contributed by atoms with van der Waals surface area (Å²) in [6, 6.07) is 85.6. The number of benzene rings is 10. The molecule has 4 nitrogen and oxygen atoms in total. The van der Waals surface area contributed by atoms with E-state index in [1.807, 2.05) is 24.3 Å². The van der Waals surface area contributed by atoms with Gasteiger partial charge >= 0.3 is 0 Å². The van der Waals surface area contributed by atoms with Gasteiger partial charge in [-0.25, -0.2) is 0 Å². The van der Waals surface area contributed by atoms with Gasteiger partial charge in [-0.05, 0) is 130 Å². The normalized spacial score (nSPS) is 11.6. The van der Waals surface area contributed by atoms with E-state index in [1.165, 1.54) is 11.1 Å². The molecule has 0 saturated carbocycles. The maximum absolute atomic E-state index is 6.23. The second-order valence-corrected chi connectivity index (χ2v) is 16.6. The Labute approximate surface area is 383 Å². The van der Waals surface area contributed by atoms with E-state index in [2.05, 4.69) is 240 Å². The summed E-state index contributed by atoms with van der Waals surface area (Å²) in [7, 11) is 0. The lowest BCUT2D eigenvalue weighted by molar-refractivity contribution is 0.668. The molecule has 0 spiro atoms. The van der Waals surface area contributed by atoms with Gasteiger partial charge in [0, 0.05) is 55.7 Å². The van der Waals surface area contributed by atoms with Gasteiger partial charge in [0.15, 0.2) is 0 Å². The van der Waals surface area contributed by atoms with Crippen LogP contribution in [0, 0.1) is 0 Å². The molecule has 312 valence electrons. The molecule has 2 aromatic heterocycles. The minimum absolute atomic E-state index is 0.876. The molecule has 0 bridgehead atoms. The van der Waals surface area contributed by atoms with Crippen LogP contribution in [0.4, 0.5) is 34.1 Å². The highest BCUT2D eigenvalue weighted by molar-refractivity contribution is 6.07. The minimum atomic E-state index is 0.876. The monoisotopic (exact) mass is 846 g/mol. The van der Waals surface area contributed by atoms with Gasteiger partial charge in [0.2, 0.25) is 0 Å². The summed E-state index contributed by atoms with van der Waals surface area (Å²) in [6.07, 6.45) is 4.36. The molecule has 0 atom stereocenters. The Hall–Kier alpha value is -8.86. The summed E-state index contributed by atoms with van der Waals surface area (Å²) >= 11 is 0. The number of anilines is 6. The fraction of sp³-hybridized carbons (Fsp3) is 0. The standard InChI is InChI=1S/C62H42N2O2/c1-3-13-45(14-4-1)47-17-11-19-51(39-47)63(53-35-37-61-57(41-53)55-21-7-9-23-59(55)65-61)49-31-27-43(28-32-49)25-26-44-29-33-50(34-30-44)64(52-20-12-18-48(40-52)46-15-5-2-6-16-46)54-36-38-62-58(42-54)56-22-8-10-24-60(56)66-62/h1-42H. The topological polar surface area (TPSA) is 32.8 Å². The van der Waals surface area contributed by atoms with Gasteiger partial charge in [-0.1, -0.05) is 158 Å². The molecule has 0 N–H and O–H groups in total. The van der Waals surface area contributed by atoms with Gasteiger partial charge < -0.3 is 18.6 Å². The molecule has 0 unspecified atom stereocenters. The van der Waals surface area contributed by atoms with Gasteiger partial charge in [0.25, 0.3) is 0 Å². The molecule has 10 aromatic carbocycles. The van der Waals surface area contributed by atoms with Crippen molar-refractivity contribution in [1.82, 2.24) is 0 Å². The highest BCUT2D eigenvalue weighted by Gasteiger charge is 2.18. The highest BCUT2D eigenvalue weighted by atomic mass is 16.3. The highest BCUT2D eigenvalue weighted by Crippen LogP contribution is 2.42. The van der Waals surface area contributed by atoms with Crippen LogP contribution in [0.25, 0.3) is 78.3 Å². The summed E-state index contributed by atoms with van der Waals surface area (Å²) in [5, 5.41) is 4.40. The van der Waals surface area contributed by atoms with Gasteiger partial charge in [0.1, 0.15) is 22.3 Å². The summed E-state index contributed by atoms with van der Waals surface area (Å²) in [5.41, 5.74) is 16.8. The first kappa shape index (κ1) is 38.8. The van der Waals surface area contributed by atoms with E-state index in [0.29, 0.717) is 0 Å². The third kappa shape index (κ3) is 7.36. The molecule has 0 aliphatic heterocycles. The molecular formula is C62H42N2O2. The molecule has 66 heavy (non-hydrogen) atoms. The zero-order chi connectivity index (χ0) is 43.8. The van der Waals surface area contributed by atoms with Gasteiger partial charge in [0.05, 0.1) is 0 Å². The number of rotatable bonds is 10. The van der Waals surface area contributed by atoms with E-state index >= 15 is 0 Å². The van der Waals surface area contributed by atoms with Crippen LogP contribution < -0.4 is 9.80 Å². The molecule has 0 fully saturated rings. The Bertz CT molecular complexity index is 3450. The predicted octanol–water partition coefficient (Wildman–Crippen LogP) is 17.9. The van der Waals surface area contributed by atoms with Crippen molar-refractivity contribution >= 4 is 90.2 Å². The number of hydrogen-bond acceptors (Lipinski definition) is 4. The van der Waals surface area contributed by atoms with Gasteiger partial charge in [-0.15, -0.1) is 0 Å². The first-order valence-corrected chi connectivity index (χ1v) is 22.3. The van der Waals surface area contributed by atoms with Crippen molar-refractivity contribution in [3.63, 3.8) is 0 Å². The van der Waals surface area contributed by atoms with E-state index in [4.69, 9.17) is 8.83 Å². The van der Waals surface area contributed by atoms with Crippen molar-refractivity contribution in [3.8, 4) is 22.3 Å². The van der Waals surface area contributed by atoms with Crippen LogP contribution in [0.15, 0.2) is 251 Å². The summed E-state index contributed by atoms with van der Waals surface area (Å²) in [5.74, 6) is 0. The first-order chi connectivity index (χ1) is 32.7. The summed E-state index contributed by atoms with van der Waals surface area (Å²) in [6.45, 7) is 0. The number of nitrogens with zero attached hydrogens (tertiary/aromatic N) is 2. The third-order valence-electron chi connectivity index (χ3n) is 12.4. The fourth-order valence-corrected chi connectivity index (χ4v) is 9.17. The molecule has 12 aromatic rings. The second-order valence-electron chi connectivity index (χ2n) is 16.6. The lowest BCUT2D eigenvalue weighted by Crippen LogP contribution is -2.10. The average molecular weight is 847 g/mol. The first-order valence-electron chi connectivity index (χ1n) is 22.3. The van der Waals surface area contributed by atoms with E-state index in [-0.39, 0.29) is 0 Å². The Balaban J connectivity index is 0.869. The number of furan rings is 2. The largest absolute Gasteiger partial charge is 0.456 e. The van der Waals surface area contributed by atoms with E-state index in [9.17, 15) is 0 Å². The average Bonchev–Trinajstić information content (AvgIpc) is 3.95. The van der Waals surface area contributed by atoms with Crippen molar-refractivity contribution in [2.24, 2.45) is 0 Å². The molecular weight excluding hydrogens is 805 g/mol. The molecule has 0 saturated heterocycles. The summed E-state index contributed by atoms with van der Waals surface area (Å²) < 4.78 is 12.5. The zero-order valence-corrected chi connectivity index (χ0v) is 36.0. The molecule has 0 aliphatic rings. The molecule has 2 heterocycles. The van der Waals surface area contributed by atoms with Crippen molar-refractivity contribution in [3.05, 3.63) is 254 Å². The van der Waals surface area contributed by atoms with Crippen molar-refractivity contribution < 1.29 is 8.83 Å². The van der Waals surface area contributed by atoms with Crippen LogP contribution in [0.3, 0.4) is 0 Å². The summed E-state index contributed by atoms with van der Waals surface area (Å²) in [4.78, 5) is 4.65. The van der Waals surface area contributed by atoms with Crippen LogP contribution in [0.2, 0.25) is 0 Å². The molecule has 0 aliphatic carbocycles. The van der Waals surface area contributed by atoms with Crippen molar-refractivity contribution in [1.29, 1.82) is 0 Å². The van der Waals surface area contributed by atoms with E-state index in [0.717, 1.165) is 100 Å². The quantitative estimate of drug-likeness (QED) is 0.128. The van der Waals surface area contributed by atoms with Crippen molar-refractivity contribution in [2.45, 2.75) is 0 Å². The van der Waals surface area contributed by atoms with Crippen LogP contribution in [0.1, 0.15) is 11.1 Å². The van der Waals surface area contributed by atoms with E-state index < -0.39 is 0 Å². The Morgan fingerprint density at radius 2 is 0.591 bits per heavy atom. The lowest BCUT2D eigenvalue weighted by atomic mass is 10.0. The zero-order valence-electron chi connectivity index (χ0n) is 36.0. The maximum atomic E-state index is 6.23. The SMILES string of the molecule is C(=Cc1ccc(N(c2cccc(-c3ccccc3)c2)c2ccc3oc4ccccc4c3c2)cc1)c1ccc(N(c2cccc(-c3ccccc3)c2)c2ccc3oc4ccccc4c3c2)cc1. The van der Waals surface area contributed by atoms with Gasteiger partial charge in [-0.3, -0.25) is 0 Å². The van der Waals surface area contributed by atoms with Crippen LogP contribution in [0.5, 0.6) is 0 Å². The van der Waals surface area contributed by atoms with Gasteiger partial charge in [-0.2, -0.15) is 0 Å². The third-order valence-corrected chi connectivity index (χ3v) is 12.4. The lowest BCUT2D eigenvalue weighted by Gasteiger charge is -2.26. The van der Waals surface area contributed by atoms with Crippen molar-refractivity contribution in [2.75, 3.05) is 9.80 Å². The van der Waals surface area contributed by atoms with Crippen LogP contribution in [-0.2, 0) is 0 Å². The number of fused-ring (bicyclic) bond motifs is 6. The Kier molecular flexibility index (Phi) is 9.81. The van der Waals surface area contributed by atoms with Crippen LogP contribution >= 0.6 is 0 Å². The molecule has 4 heteroatoms. The van der Waals surface area contributed by atoms with Crippen LogP contribution in [-0.4, -0.2) is 0 Å². The molecule has 0 radical (unpaired) electrons. The molecule has 0 amide bonds. The minimum Gasteiger partial charge on any atom is -0.456 e. The fourth-order valence-electron chi connectivity index (χ4n) is 9.17. The second kappa shape index (κ2) is 16.7. The molecule has 12 rings (SSSR count). The predicted molar refractivity (Wildman–Crippen MR) is 277 cm³/mol. The Morgan fingerprint density at radius 3 is 1.03 bits per heavy atom. The number of hydrogen-bond donors (Lipinski definition) is 0. The maximum Gasteiger partial charge on any atom is 0.135 e. The van der Waals surface area contributed by atoms with E-state index in [1.54, 1.807) is 0 Å². The number of para-hydroxylation sites is 2. The Morgan fingerprint density at radius 1 is 0.242 bits per heavy atom. The smallest absolute Gasteiger partial charge is 0.135 e.